The lowest BCUT2D eigenvalue weighted by Gasteiger charge is -2.27. The normalized spacial score (nSPS) is 15.9. The maximum atomic E-state index is 12.9. The molecular formula is C23H28N8O2S. The number of rotatable bonds is 5. The molecule has 0 saturated carbocycles. The third-order valence-electron chi connectivity index (χ3n) is 6.24. The van der Waals surface area contributed by atoms with Gasteiger partial charge in [-0.3, -0.25) is 9.78 Å². The number of nitrogens with two attached hydrogens (primary N) is 1. The van der Waals surface area contributed by atoms with Crippen molar-refractivity contribution in [2.75, 3.05) is 44.8 Å². The summed E-state index contributed by atoms with van der Waals surface area (Å²) in [5.41, 5.74) is 11.3. The number of carbonyl (C=O) groups excluding carboxylic acids is 1. The van der Waals surface area contributed by atoms with E-state index in [-0.39, 0.29) is 11.9 Å². The topological polar surface area (TPSA) is 124 Å². The monoisotopic (exact) mass is 480 g/mol. The Morgan fingerprint density at radius 2 is 2.06 bits per heavy atom. The van der Waals surface area contributed by atoms with Crippen molar-refractivity contribution < 1.29 is 9.53 Å². The first-order valence-electron chi connectivity index (χ1n) is 11.3. The van der Waals surface area contributed by atoms with Gasteiger partial charge in [-0.25, -0.2) is 9.67 Å². The minimum atomic E-state index is 0.146. The molecule has 1 saturated heterocycles. The van der Waals surface area contributed by atoms with Crippen LogP contribution in [0, 0.1) is 13.8 Å². The van der Waals surface area contributed by atoms with Gasteiger partial charge in [0.15, 0.2) is 5.65 Å². The van der Waals surface area contributed by atoms with Crippen molar-refractivity contribution in [3.8, 4) is 5.75 Å². The number of aryl methyl sites for hydroxylation is 1. The molecule has 0 spiro atoms. The molecule has 0 aromatic carbocycles. The van der Waals surface area contributed by atoms with E-state index in [0.717, 1.165) is 70.4 Å². The van der Waals surface area contributed by atoms with Crippen molar-refractivity contribution in [3.63, 3.8) is 0 Å². The zero-order valence-corrected chi connectivity index (χ0v) is 20.4. The Labute approximate surface area is 202 Å². The van der Waals surface area contributed by atoms with Crippen LogP contribution in [-0.2, 0) is 11.3 Å². The second-order valence-corrected chi connectivity index (χ2v) is 9.54. The summed E-state index contributed by atoms with van der Waals surface area (Å²) in [6.45, 7) is 7.54. The number of carbonyl (C=O) groups is 1. The van der Waals surface area contributed by atoms with Crippen molar-refractivity contribution in [2.24, 2.45) is 0 Å². The number of thioether (sulfide) groups is 1. The van der Waals surface area contributed by atoms with Gasteiger partial charge in [0, 0.05) is 55.7 Å². The Morgan fingerprint density at radius 1 is 1.26 bits per heavy atom. The van der Waals surface area contributed by atoms with Gasteiger partial charge >= 0.3 is 0 Å². The maximum Gasteiger partial charge on any atom is 0.226 e. The van der Waals surface area contributed by atoms with Crippen molar-refractivity contribution >= 4 is 40.7 Å². The van der Waals surface area contributed by atoms with Crippen molar-refractivity contribution in [3.05, 3.63) is 34.3 Å². The molecule has 10 nitrogen and oxygen atoms in total. The van der Waals surface area contributed by atoms with E-state index in [1.54, 1.807) is 25.1 Å². The lowest BCUT2D eigenvalue weighted by Crippen LogP contribution is -2.46. The lowest BCUT2D eigenvalue weighted by atomic mass is 10.1. The van der Waals surface area contributed by atoms with E-state index in [4.69, 9.17) is 15.6 Å². The summed E-state index contributed by atoms with van der Waals surface area (Å²) >= 11 is 1.57. The minimum absolute atomic E-state index is 0.146. The Hall–Kier alpha value is -3.18. The molecule has 5 heterocycles. The predicted molar refractivity (Wildman–Crippen MR) is 132 cm³/mol. The van der Waals surface area contributed by atoms with Gasteiger partial charge in [-0.15, -0.1) is 11.8 Å². The zero-order valence-electron chi connectivity index (χ0n) is 19.6. The molecule has 2 aliphatic heterocycles. The fraction of sp³-hybridized carbons (Fsp3) is 0.435. The number of piperazine rings is 1. The second kappa shape index (κ2) is 9.22. The van der Waals surface area contributed by atoms with Crippen LogP contribution >= 0.6 is 11.8 Å². The van der Waals surface area contributed by atoms with Gasteiger partial charge in [0.25, 0.3) is 0 Å². The number of nitrogen functional groups attached to an aromatic ring is 1. The summed E-state index contributed by atoms with van der Waals surface area (Å²) in [5, 5.41) is 9.79. The van der Waals surface area contributed by atoms with Gasteiger partial charge in [-0.1, -0.05) is 0 Å². The van der Waals surface area contributed by atoms with Crippen molar-refractivity contribution in [2.45, 2.75) is 31.8 Å². The molecule has 3 N–H and O–H groups in total. The first-order valence-corrected chi connectivity index (χ1v) is 12.3. The molecule has 34 heavy (non-hydrogen) atoms. The van der Waals surface area contributed by atoms with Crippen LogP contribution in [0.4, 0.5) is 5.95 Å². The first-order chi connectivity index (χ1) is 16.4. The zero-order chi connectivity index (χ0) is 23.8. The highest BCUT2D eigenvalue weighted by molar-refractivity contribution is 7.99. The van der Waals surface area contributed by atoms with E-state index in [0.29, 0.717) is 24.4 Å². The molecule has 0 atom stereocenters. The number of aromatic nitrogens is 5. The van der Waals surface area contributed by atoms with Gasteiger partial charge < -0.3 is 20.7 Å². The number of nitrogens with zero attached hydrogens (tertiary/aromatic N) is 6. The Morgan fingerprint density at radius 3 is 2.82 bits per heavy atom. The number of ether oxygens (including phenoxy) is 1. The molecule has 3 aromatic rings. The highest BCUT2D eigenvalue weighted by Gasteiger charge is 2.24. The molecule has 11 heteroatoms. The molecule has 1 fully saturated rings. The molecule has 0 unspecified atom stereocenters. The number of pyridine rings is 1. The van der Waals surface area contributed by atoms with Gasteiger partial charge in [0.05, 0.1) is 30.4 Å². The van der Waals surface area contributed by atoms with E-state index in [1.165, 1.54) is 0 Å². The molecule has 5 rings (SSSR count). The van der Waals surface area contributed by atoms with E-state index < -0.39 is 0 Å². The van der Waals surface area contributed by atoms with Gasteiger partial charge in [-0.05, 0) is 25.5 Å². The number of amides is 1. The molecule has 0 aliphatic carbocycles. The summed E-state index contributed by atoms with van der Waals surface area (Å²) in [5.74, 6) is 1.83. The van der Waals surface area contributed by atoms with Gasteiger partial charge in [0.2, 0.25) is 11.9 Å². The van der Waals surface area contributed by atoms with Gasteiger partial charge in [0.1, 0.15) is 10.8 Å². The highest BCUT2D eigenvalue weighted by atomic mass is 32.2. The quantitative estimate of drug-likeness (QED) is 0.526. The smallest absolute Gasteiger partial charge is 0.226 e. The fourth-order valence-corrected chi connectivity index (χ4v) is 5.50. The van der Waals surface area contributed by atoms with E-state index in [9.17, 15) is 4.79 Å². The van der Waals surface area contributed by atoms with Crippen LogP contribution in [0.5, 0.6) is 5.75 Å². The minimum Gasteiger partial charge on any atom is -0.496 e. The average molecular weight is 481 g/mol. The number of nitrogens with one attached hydrogen (secondary N) is 1. The fourth-order valence-electron chi connectivity index (χ4n) is 4.49. The molecule has 0 radical (unpaired) electrons. The summed E-state index contributed by atoms with van der Waals surface area (Å²) in [7, 11) is 1.66. The third kappa shape index (κ3) is 4.21. The molecule has 0 bridgehead atoms. The molecule has 178 valence electrons. The van der Waals surface area contributed by atoms with E-state index in [1.807, 2.05) is 29.5 Å². The van der Waals surface area contributed by atoms with Crippen LogP contribution in [0.15, 0.2) is 16.8 Å². The second-order valence-electron chi connectivity index (χ2n) is 8.57. The number of hydrogen-bond donors (Lipinski definition) is 2. The molecule has 2 aliphatic rings. The molecular weight excluding hydrogens is 452 g/mol. The van der Waals surface area contributed by atoms with Crippen LogP contribution in [0.2, 0.25) is 0 Å². The standard InChI is InChI=1S/C23H28N8O2S/c1-13-10-26-17(14(2)20(13)33-3)11-31-21-19-16(29-31)8-15(12-34-22(19)28-23(24)27-21)9-18(32)30-6-4-25-5-7-30/h8,10,25H,4-7,9,11-12H2,1-3H3,(H2,24,27,28). The van der Waals surface area contributed by atoms with Crippen LogP contribution in [0.3, 0.4) is 0 Å². The van der Waals surface area contributed by atoms with Gasteiger partial charge in [-0.2, -0.15) is 10.1 Å². The van der Waals surface area contributed by atoms with Crippen LogP contribution in [0.25, 0.3) is 17.1 Å². The highest BCUT2D eigenvalue weighted by Crippen LogP contribution is 2.36. The Balaban J connectivity index is 1.51. The summed E-state index contributed by atoms with van der Waals surface area (Å²) < 4.78 is 7.38. The third-order valence-corrected chi connectivity index (χ3v) is 7.32. The largest absolute Gasteiger partial charge is 0.496 e. The summed E-state index contributed by atoms with van der Waals surface area (Å²) in [6, 6.07) is 0. The Kier molecular flexibility index (Phi) is 6.13. The van der Waals surface area contributed by atoms with E-state index >= 15 is 0 Å². The maximum absolute atomic E-state index is 12.9. The van der Waals surface area contributed by atoms with Crippen LogP contribution in [-0.4, -0.2) is 74.6 Å². The van der Waals surface area contributed by atoms with Crippen LogP contribution < -0.4 is 15.8 Å². The lowest BCUT2D eigenvalue weighted by molar-refractivity contribution is -0.130. The number of methoxy groups -OCH3 is 1. The Bertz CT molecular complexity index is 1300. The SMILES string of the molecule is COc1c(C)cnc(Cn2nc3c4c(nc(N)nc42)SCC(CC(=O)N2CCNCC2)=C3)c1C. The van der Waals surface area contributed by atoms with E-state index in [2.05, 4.69) is 20.3 Å². The first kappa shape index (κ1) is 22.6. The predicted octanol–water partition coefficient (Wildman–Crippen LogP) is 1.79. The number of hydrogen-bond acceptors (Lipinski definition) is 9. The summed E-state index contributed by atoms with van der Waals surface area (Å²) in [4.78, 5) is 28.4. The number of anilines is 1. The van der Waals surface area contributed by atoms with Crippen molar-refractivity contribution in [1.82, 2.24) is 34.9 Å². The molecule has 1 amide bonds. The average Bonchev–Trinajstić information content (AvgIpc) is 3.06. The van der Waals surface area contributed by atoms with Crippen LogP contribution in [0.1, 0.15) is 28.9 Å². The van der Waals surface area contributed by atoms with Crippen molar-refractivity contribution in [1.29, 1.82) is 0 Å². The summed E-state index contributed by atoms with van der Waals surface area (Å²) in [6.07, 6.45) is 4.19. The molecule has 3 aromatic heterocycles.